The molecule has 0 spiro atoms. The van der Waals surface area contributed by atoms with E-state index in [0.717, 1.165) is 16.7 Å². The standard InChI is InChI=1S/C14H12N2O/c1-10-3-4-11(8-15)7-13(10)12-5-6-14(17-2)16-9-12/h3-7,9H,1-2H3. The quantitative estimate of drug-likeness (QED) is 0.787. The summed E-state index contributed by atoms with van der Waals surface area (Å²) in [5.74, 6) is 0.586. The number of aryl methyl sites for hydroxylation is 1. The summed E-state index contributed by atoms with van der Waals surface area (Å²) >= 11 is 0. The molecular formula is C14H12N2O. The van der Waals surface area contributed by atoms with E-state index in [-0.39, 0.29) is 0 Å². The van der Waals surface area contributed by atoms with Crippen molar-refractivity contribution >= 4 is 0 Å². The van der Waals surface area contributed by atoms with Crippen LogP contribution in [0.3, 0.4) is 0 Å². The molecule has 84 valence electrons. The third-order valence-corrected chi connectivity index (χ3v) is 2.62. The highest BCUT2D eigenvalue weighted by atomic mass is 16.5. The van der Waals surface area contributed by atoms with E-state index in [9.17, 15) is 0 Å². The highest BCUT2D eigenvalue weighted by Gasteiger charge is 2.04. The second-order valence-electron chi connectivity index (χ2n) is 3.73. The van der Waals surface area contributed by atoms with Crippen LogP contribution in [0.15, 0.2) is 36.5 Å². The lowest BCUT2D eigenvalue weighted by Crippen LogP contribution is -1.89. The molecule has 1 heterocycles. The Labute approximate surface area is 100 Å². The summed E-state index contributed by atoms with van der Waals surface area (Å²) in [6, 6.07) is 11.5. The average Bonchev–Trinajstić information content (AvgIpc) is 2.39. The maximum absolute atomic E-state index is 8.90. The van der Waals surface area contributed by atoms with Gasteiger partial charge in [-0.2, -0.15) is 5.26 Å². The Balaban J connectivity index is 2.48. The molecular weight excluding hydrogens is 212 g/mol. The molecule has 0 radical (unpaired) electrons. The van der Waals surface area contributed by atoms with Crippen molar-refractivity contribution in [1.29, 1.82) is 5.26 Å². The first-order chi connectivity index (χ1) is 8.24. The van der Waals surface area contributed by atoms with Crippen LogP contribution in [0.1, 0.15) is 11.1 Å². The van der Waals surface area contributed by atoms with Crippen molar-refractivity contribution in [3.63, 3.8) is 0 Å². The molecule has 1 aromatic heterocycles. The first-order valence-corrected chi connectivity index (χ1v) is 5.26. The monoisotopic (exact) mass is 224 g/mol. The predicted molar refractivity (Wildman–Crippen MR) is 65.7 cm³/mol. The van der Waals surface area contributed by atoms with Gasteiger partial charge in [-0.1, -0.05) is 6.07 Å². The van der Waals surface area contributed by atoms with Crippen LogP contribution in [0.2, 0.25) is 0 Å². The highest BCUT2D eigenvalue weighted by Crippen LogP contribution is 2.24. The minimum Gasteiger partial charge on any atom is -0.481 e. The van der Waals surface area contributed by atoms with E-state index in [0.29, 0.717) is 11.4 Å². The fourth-order valence-electron chi connectivity index (χ4n) is 1.66. The Morgan fingerprint density at radius 2 is 2.06 bits per heavy atom. The zero-order valence-electron chi connectivity index (χ0n) is 9.77. The molecule has 0 atom stereocenters. The maximum Gasteiger partial charge on any atom is 0.212 e. The molecule has 0 fully saturated rings. The molecule has 17 heavy (non-hydrogen) atoms. The van der Waals surface area contributed by atoms with Crippen molar-refractivity contribution in [1.82, 2.24) is 4.98 Å². The number of hydrogen-bond donors (Lipinski definition) is 0. The van der Waals surface area contributed by atoms with Gasteiger partial charge in [0.2, 0.25) is 5.88 Å². The molecule has 0 unspecified atom stereocenters. The van der Waals surface area contributed by atoms with Crippen molar-refractivity contribution in [3.8, 4) is 23.1 Å². The molecule has 0 saturated heterocycles. The van der Waals surface area contributed by atoms with Crippen molar-refractivity contribution in [2.24, 2.45) is 0 Å². The summed E-state index contributed by atoms with van der Waals surface area (Å²) in [4.78, 5) is 4.17. The van der Waals surface area contributed by atoms with Crippen LogP contribution in [0.5, 0.6) is 5.88 Å². The molecule has 2 aromatic rings. The zero-order valence-corrected chi connectivity index (χ0v) is 9.77. The topological polar surface area (TPSA) is 45.9 Å². The number of nitrogens with zero attached hydrogens (tertiary/aromatic N) is 2. The summed E-state index contributed by atoms with van der Waals surface area (Å²) in [6.07, 6.45) is 1.75. The Bertz CT molecular complexity index is 568. The number of aromatic nitrogens is 1. The molecule has 3 heteroatoms. The Kier molecular flexibility index (Phi) is 3.06. The number of ether oxygens (including phenoxy) is 1. The van der Waals surface area contributed by atoms with Crippen molar-refractivity contribution in [3.05, 3.63) is 47.7 Å². The van der Waals surface area contributed by atoms with Crippen LogP contribution < -0.4 is 4.74 Å². The van der Waals surface area contributed by atoms with Gasteiger partial charge in [0, 0.05) is 17.8 Å². The van der Waals surface area contributed by atoms with Crippen LogP contribution in [0.4, 0.5) is 0 Å². The third-order valence-electron chi connectivity index (χ3n) is 2.62. The second-order valence-corrected chi connectivity index (χ2v) is 3.73. The number of methoxy groups -OCH3 is 1. The van der Waals surface area contributed by atoms with Gasteiger partial charge in [0.25, 0.3) is 0 Å². The predicted octanol–water partition coefficient (Wildman–Crippen LogP) is 2.94. The molecule has 0 aliphatic heterocycles. The summed E-state index contributed by atoms with van der Waals surface area (Å²) < 4.78 is 5.02. The smallest absolute Gasteiger partial charge is 0.212 e. The minimum atomic E-state index is 0.586. The average molecular weight is 224 g/mol. The lowest BCUT2D eigenvalue weighted by atomic mass is 10.00. The zero-order chi connectivity index (χ0) is 12.3. The minimum absolute atomic E-state index is 0.586. The fourth-order valence-corrected chi connectivity index (χ4v) is 1.66. The molecule has 0 saturated carbocycles. The van der Waals surface area contributed by atoms with Gasteiger partial charge in [0.15, 0.2) is 0 Å². The van der Waals surface area contributed by atoms with E-state index in [1.54, 1.807) is 13.3 Å². The van der Waals surface area contributed by atoms with E-state index >= 15 is 0 Å². The number of pyridine rings is 1. The lowest BCUT2D eigenvalue weighted by Gasteiger charge is -2.06. The molecule has 0 aliphatic rings. The fraction of sp³-hybridized carbons (Fsp3) is 0.143. The van der Waals surface area contributed by atoms with Crippen LogP contribution in [0, 0.1) is 18.3 Å². The summed E-state index contributed by atoms with van der Waals surface area (Å²) in [6.45, 7) is 2.01. The first-order valence-electron chi connectivity index (χ1n) is 5.26. The van der Waals surface area contributed by atoms with E-state index < -0.39 is 0 Å². The van der Waals surface area contributed by atoms with Crippen molar-refractivity contribution in [2.75, 3.05) is 7.11 Å². The van der Waals surface area contributed by atoms with E-state index in [1.165, 1.54) is 0 Å². The second kappa shape index (κ2) is 4.67. The molecule has 0 amide bonds. The summed E-state index contributed by atoms with van der Waals surface area (Å²) in [7, 11) is 1.59. The lowest BCUT2D eigenvalue weighted by molar-refractivity contribution is 0.398. The van der Waals surface area contributed by atoms with E-state index in [1.807, 2.05) is 37.3 Å². The number of hydrogen-bond acceptors (Lipinski definition) is 3. The van der Waals surface area contributed by atoms with Gasteiger partial charge in [-0.25, -0.2) is 4.98 Å². The van der Waals surface area contributed by atoms with Gasteiger partial charge in [0.05, 0.1) is 18.7 Å². The summed E-state index contributed by atoms with van der Waals surface area (Å²) in [5, 5.41) is 8.90. The van der Waals surface area contributed by atoms with Crippen LogP contribution in [0.25, 0.3) is 11.1 Å². The molecule has 1 aromatic carbocycles. The van der Waals surface area contributed by atoms with Gasteiger partial charge in [0.1, 0.15) is 0 Å². The number of nitriles is 1. The maximum atomic E-state index is 8.90. The Morgan fingerprint density at radius 3 is 2.65 bits per heavy atom. The Hall–Kier alpha value is -2.34. The van der Waals surface area contributed by atoms with Crippen LogP contribution in [-0.4, -0.2) is 12.1 Å². The SMILES string of the molecule is COc1ccc(-c2cc(C#N)ccc2C)cn1. The van der Waals surface area contributed by atoms with Gasteiger partial charge in [-0.15, -0.1) is 0 Å². The summed E-state index contributed by atoms with van der Waals surface area (Å²) in [5.41, 5.74) is 3.79. The highest BCUT2D eigenvalue weighted by molar-refractivity contribution is 5.68. The molecule has 3 nitrogen and oxygen atoms in total. The first kappa shape index (κ1) is 11.2. The van der Waals surface area contributed by atoms with Gasteiger partial charge in [-0.05, 0) is 36.2 Å². The van der Waals surface area contributed by atoms with Crippen LogP contribution >= 0.6 is 0 Å². The van der Waals surface area contributed by atoms with Crippen molar-refractivity contribution in [2.45, 2.75) is 6.92 Å². The molecule has 0 aliphatic carbocycles. The van der Waals surface area contributed by atoms with E-state index in [2.05, 4.69) is 11.1 Å². The van der Waals surface area contributed by atoms with Gasteiger partial charge in [-0.3, -0.25) is 0 Å². The Morgan fingerprint density at radius 1 is 1.24 bits per heavy atom. The van der Waals surface area contributed by atoms with Crippen molar-refractivity contribution < 1.29 is 4.74 Å². The third kappa shape index (κ3) is 2.26. The molecule has 0 N–H and O–H groups in total. The van der Waals surface area contributed by atoms with Gasteiger partial charge < -0.3 is 4.74 Å². The van der Waals surface area contributed by atoms with Crippen LogP contribution in [-0.2, 0) is 0 Å². The molecule has 0 bridgehead atoms. The van der Waals surface area contributed by atoms with E-state index in [4.69, 9.17) is 10.00 Å². The largest absolute Gasteiger partial charge is 0.481 e. The number of benzene rings is 1. The molecule has 2 rings (SSSR count). The van der Waals surface area contributed by atoms with Gasteiger partial charge >= 0.3 is 0 Å². The normalized spacial score (nSPS) is 9.71. The number of rotatable bonds is 2.